The topological polar surface area (TPSA) is 36.7 Å². The Hall–Kier alpha value is -2.00. The van der Waals surface area contributed by atoms with Crippen LogP contribution >= 0.6 is 15.9 Å². The highest BCUT2D eigenvalue weighted by atomic mass is 79.9. The summed E-state index contributed by atoms with van der Waals surface area (Å²) < 4.78 is 1.02. The van der Waals surface area contributed by atoms with E-state index in [0.717, 1.165) is 15.6 Å². The first-order valence-corrected chi connectivity index (χ1v) is 7.44. The fraction of sp³-hybridized carbons (Fsp3) is 0.111. The maximum absolute atomic E-state index is 7.91. The molecule has 0 radical (unpaired) electrons. The summed E-state index contributed by atoms with van der Waals surface area (Å²) in [5.41, 5.74) is 2.53. The summed E-state index contributed by atoms with van der Waals surface area (Å²) in [6.45, 7) is 3.92. The number of pyridine rings is 1. The highest BCUT2D eigenvalue weighted by Crippen LogP contribution is 2.07. The molecule has 1 N–H and O–H groups in total. The smallest absolute Gasteiger partial charge is 0.0641 e. The minimum Gasteiger partial charge on any atom is -0.300 e. The van der Waals surface area contributed by atoms with Gasteiger partial charge in [0.2, 0.25) is 0 Å². The third kappa shape index (κ3) is 6.82. The van der Waals surface area contributed by atoms with E-state index in [-0.39, 0.29) is 0 Å². The Balaban J connectivity index is 0.000000262. The normalized spacial score (nSPS) is 10.9. The molecule has 0 aliphatic carbocycles. The van der Waals surface area contributed by atoms with E-state index in [0.29, 0.717) is 5.71 Å². The maximum atomic E-state index is 7.91. The van der Waals surface area contributed by atoms with Gasteiger partial charge in [-0.05, 0) is 53.0 Å². The molecule has 1 aromatic heterocycles. The minimum atomic E-state index is 0.587. The number of nitrogens with one attached hydrogen (secondary N) is 1. The van der Waals surface area contributed by atoms with Gasteiger partial charge in [-0.15, -0.1) is 0 Å². The predicted octanol–water partition coefficient (Wildman–Crippen LogP) is 5.42. The zero-order chi connectivity index (χ0) is 15.5. The third-order valence-corrected chi connectivity index (χ3v) is 3.09. The van der Waals surface area contributed by atoms with Gasteiger partial charge in [-0.2, -0.15) is 0 Å². The summed E-state index contributed by atoms with van der Waals surface area (Å²) in [5.74, 6) is 0. The number of hydrogen-bond donors (Lipinski definition) is 1. The van der Waals surface area contributed by atoms with Gasteiger partial charge >= 0.3 is 0 Å². The first kappa shape index (κ1) is 17.1. The Labute approximate surface area is 134 Å². The lowest BCUT2D eigenvalue weighted by Crippen LogP contribution is -1.99. The van der Waals surface area contributed by atoms with Crippen LogP contribution < -0.4 is 0 Å². The van der Waals surface area contributed by atoms with Gasteiger partial charge in [0.15, 0.2) is 0 Å². The van der Waals surface area contributed by atoms with Crippen LogP contribution in [0, 0.1) is 5.41 Å². The zero-order valence-corrected chi connectivity index (χ0v) is 13.8. The Bertz CT molecular complexity index is 602. The van der Waals surface area contributed by atoms with Crippen molar-refractivity contribution in [1.29, 1.82) is 5.41 Å². The van der Waals surface area contributed by atoms with Crippen molar-refractivity contribution in [3.05, 3.63) is 88.7 Å². The lowest BCUT2D eigenvalue weighted by Gasteiger charge is -2.02. The molecule has 3 heteroatoms. The van der Waals surface area contributed by atoms with Crippen molar-refractivity contribution in [1.82, 2.24) is 4.98 Å². The van der Waals surface area contributed by atoms with Crippen LogP contribution in [0.4, 0.5) is 0 Å². The average molecular weight is 343 g/mol. The monoisotopic (exact) mass is 342 g/mol. The van der Waals surface area contributed by atoms with Gasteiger partial charge in [-0.1, -0.05) is 48.6 Å². The highest BCUT2D eigenvalue weighted by molar-refractivity contribution is 9.10. The van der Waals surface area contributed by atoms with E-state index >= 15 is 0 Å². The minimum absolute atomic E-state index is 0.587. The quantitative estimate of drug-likeness (QED) is 0.586. The molecule has 1 aromatic carbocycles. The highest BCUT2D eigenvalue weighted by Gasteiger charge is 2.00. The van der Waals surface area contributed by atoms with Crippen LogP contribution in [0.1, 0.15) is 19.4 Å². The van der Waals surface area contributed by atoms with Gasteiger partial charge in [0.1, 0.15) is 0 Å². The molecule has 0 spiro atoms. The first-order valence-electron chi connectivity index (χ1n) is 6.64. The van der Waals surface area contributed by atoms with E-state index in [9.17, 15) is 0 Å². The van der Waals surface area contributed by atoms with Crippen molar-refractivity contribution in [3.63, 3.8) is 0 Å². The van der Waals surface area contributed by atoms with Crippen LogP contribution in [-0.4, -0.2) is 10.7 Å². The SMILES string of the molecule is Brc1cccnc1.C/C=C\C=C(/C)C(=N)c1ccccc1. The molecular weight excluding hydrogens is 324 g/mol. The van der Waals surface area contributed by atoms with Gasteiger partial charge in [-0.3, -0.25) is 10.4 Å². The van der Waals surface area contributed by atoms with Crippen LogP contribution in [0.15, 0.2) is 83.1 Å². The first-order chi connectivity index (χ1) is 10.1. The van der Waals surface area contributed by atoms with E-state index in [1.54, 1.807) is 12.4 Å². The summed E-state index contributed by atoms with van der Waals surface area (Å²) in [4.78, 5) is 3.84. The van der Waals surface area contributed by atoms with Crippen LogP contribution in [0.3, 0.4) is 0 Å². The van der Waals surface area contributed by atoms with Crippen molar-refractivity contribution in [3.8, 4) is 0 Å². The molecule has 0 aliphatic heterocycles. The summed E-state index contributed by atoms with van der Waals surface area (Å²) in [5, 5.41) is 7.91. The third-order valence-electron chi connectivity index (χ3n) is 2.62. The number of aromatic nitrogens is 1. The number of rotatable bonds is 3. The number of allylic oxidation sites excluding steroid dienone is 4. The molecule has 1 heterocycles. The molecule has 2 rings (SSSR count). The molecule has 0 saturated carbocycles. The van der Waals surface area contributed by atoms with Gasteiger partial charge in [-0.25, -0.2) is 0 Å². The molecule has 0 saturated heterocycles. The molecule has 2 nitrogen and oxygen atoms in total. The zero-order valence-electron chi connectivity index (χ0n) is 12.3. The second kappa shape index (κ2) is 9.83. The number of benzene rings is 1. The Kier molecular flexibility index (Phi) is 7.99. The molecule has 0 bridgehead atoms. The van der Waals surface area contributed by atoms with Crippen molar-refractivity contribution in [2.24, 2.45) is 0 Å². The lowest BCUT2D eigenvalue weighted by molar-refractivity contribution is 1.31. The second-order valence-electron chi connectivity index (χ2n) is 4.29. The van der Waals surface area contributed by atoms with Gasteiger partial charge in [0.25, 0.3) is 0 Å². The molecule has 0 atom stereocenters. The molecular formula is C18H19BrN2. The van der Waals surface area contributed by atoms with Gasteiger partial charge in [0.05, 0.1) is 5.71 Å². The number of hydrogen-bond acceptors (Lipinski definition) is 2. The summed E-state index contributed by atoms with van der Waals surface area (Å²) in [6, 6.07) is 13.6. The molecule has 0 unspecified atom stereocenters. The Morgan fingerprint density at radius 1 is 1.14 bits per heavy atom. The Morgan fingerprint density at radius 3 is 2.33 bits per heavy atom. The van der Waals surface area contributed by atoms with E-state index in [1.165, 1.54) is 0 Å². The van der Waals surface area contributed by atoms with Crippen molar-refractivity contribution >= 4 is 21.6 Å². The Morgan fingerprint density at radius 2 is 1.86 bits per heavy atom. The van der Waals surface area contributed by atoms with Crippen LogP contribution in [0.25, 0.3) is 0 Å². The van der Waals surface area contributed by atoms with Crippen LogP contribution in [0.5, 0.6) is 0 Å². The second-order valence-corrected chi connectivity index (χ2v) is 5.20. The fourth-order valence-electron chi connectivity index (χ4n) is 1.50. The van der Waals surface area contributed by atoms with Crippen LogP contribution in [0.2, 0.25) is 0 Å². The van der Waals surface area contributed by atoms with Crippen molar-refractivity contribution < 1.29 is 0 Å². The predicted molar refractivity (Wildman–Crippen MR) is 93.8 cm³/mol. The van der Waals surface area contributed by atoms with E-state index in [4.69, 9.17) is 5.41 Å². The van der Waals surface area contributed by atoms with Crippen molar-refractivity contribution in [2.45, 2.75) is 13.8 Å². The molecule has 0 aliphatic rings. The molecule has 108 valence electrons. The van der Waals surface area contributed by atoms with Gasteiger partial charge < -0.3 is 0 Å². The fourth-order valence-corrected chi connectivity index (χ4v) is 1.77. The summed E-state index contributed by atoms with van der Waals surface area (Å²) in [7, 11) is 0. The van der Waals surface area contributed by atoms with Crippen LogP contribution in [-0.2, 0) is 0 Å². The number of halogens is 1. The lowest BCUT2D eigenvalue weighted by atomic mass is 10.0. The van der Waals surface area contributed by atoms with Crippen molar-refractivity contribution in [2.75, 3.05) is 0 Å². The number of nitrogens with zero attached hydrogens (tertiary/aromatic N) is 1. The molecule has 0 fully saturated rings. The molecule has 21 heavy (non-hydrogen) atoms. The van der Waals surface area contributed by atoms with E-state index in [2.05, 4.69) is 20.9 Å². The largest absolute Gasteiger partial charge is 0.300 e. The summed E-state index contributed by atoms with van der Waals surface area (Å²) in [6.07, 6.45) is 9.36. The summed E-state index contributed by atoms with van der Waals surface area (Å²) >= 11 is 3.25. The molecule has 0 amide bonds. The van der Waals surface area contributed by atoms with E-state index < -0.39 is 0 Å². The van der Waals surface area contributed by atoms with Gasteiger partial charge in [0, 0.05) is 16.9 Å². The van der Waals surface area contributed by atoms with E-state index in [1.807, 2.05) is 74.5 Å². The standard InChI is InChI=1S/C13H15N.C5H4BrN/c1-3-4-8-11(2)13(14)12-9-6-5-7-10-12;6-5-2-1-3-7-4-5/h3-10,14H,1-2H3;1-4H/b4-3-,11-8+,14-13?;. The average Bonchev–Trinajstić information content (AvgIpc) is 2.54. The molecule has 2 aromatic rings. The maximum Gasteiger partial charge on any atom is 0.0641 e.